The van der Waals surface area contributed by atoms with Crippen LogP contribution in [0.5, 0.6) is 0 Å². The summed E-state index contributed by atoms with van der Waals surface area (Å²) in [5.41, 5.74) is 0. The van der Waals surface area contributed by atoms with Gasteiger partial charge in [0.1, 0.15) is 19.3 Å². The molecule has 89 heavy (non-hydrogen) atoms. The Morgan fingerprint density at radius 3 is 0.764 bits per heavy atom. The molecule has 0 bridgehead atoms. The fourth-order valence-corrected chi connectivity index (χ4v) is 12.2. The van der Waals surface area contributed by atoms with Gasteiger partial charge in [-0.05, 0) is 31.6 Å². The number of aliphatic hydroxyl groups excluding tert-OH is 1. The van der Waals surface area contributed by atoms with E-state index in [1.807, 2.05) is 0 Å². The van der Waals surface area contributed by atoms with Gasteiger partial charge in [-0.25, -0.2) is 9.13 Å². The molecule has 0 saturated heterocycles. The highest BCUT2D eigenvalue weighted by Gasteiger charge is 2.30. The number of carbonyl (C=O) groups is 4. The fourth-order valence-electron chi connectivity index (χ4n) is 10.6. The van der Waals surface area contributed by atoms with Crippen LogP contribution in [0.1, 0.15) is 362 Å². The Balaban J connectivity index is 5.21. The molecule has 0 aromatic rings. The third kappa shape index (κ3) is 64.6. The van der Waals surface area contributed by atoms with Crippen LogP contribution >= 0.6 is 15.6 Å². The van der Waals surface area contributed by atoms with Crippen molar-refractivity contribution in [2.45, 2.75) is 380 Å². The number of hydrogen-bond donors (Lipinski definition) is 3. The number of hydrogen-bond acceptors (Lipinski definition) is 15. The van der Waals surface area contributed by atoms with Crippen LogP contribution in [0.25, 0.3) is 0 Å². The first-order valence-electron chi connectivity index (χ1n) is 36.6. The van der Waals surface area contributed by atoms with Gasteiger partial charge >= 0.3 is 39.5 Å². The van der Waals surface area contributed by atoms with Crippen LogP contribution in [0.4, 0.5) is 0 Å². The second-order valence-electron chi connectivity index (χ2n) is 25.7. The molecule has 0 spiro atoms. The first kappa shape index (κ1) is 87.1. The Morgan fingerprint density at radius 2 is 0.517 bits per heavy atom. The maximum atomic E-state index is 13.0. The van der Waals surface area contributed by atoms with Gasteiger partial charge in [0, 0.05) is 25.7 Å². The van der Waals surface area contributed by atoms with Gasteiger partial charge < -0.3 is 33.8 Å². The van der Waals surface area contributed by atoms with Gasteiger partial charge in [-0.1, -0.05) is 311 Å². The fraction of sp³-hybridized carbons (Fsp3) is 0.943. The summed E-state index contributed by atoms with van der Waals surface area (Å²) >= 11 is 0. The minimum absolute atomic E-state index is 0.106. The molecule has 0 aromatic carbocycles. The zero-order chi connectivity index (χ0) is 65.6. The van der Waals surface area contributed by atoms with E-state index in [2.05, 4.69) is 34.6 Å². The SMILES string of the molecule is CCCCCCCCCCCCCCCCCCCC(=O)O[C@H](COC(=O)CCCCCCCCCCCCCC(C)C)COP(=O)(O)OC[C@@H](O)COP(=O)(O)OC[C@@H](COC(=O)CCCCCCCCCCC)OC(=O)CCCCCCCCCCC. The third-order valence-corrected chi connectivity index (χ3v) is 18.2. The van der Waals surface area contributed by atoms with E-state index in [1.54, 1.807) is 0 Å². The molecule has 0 amide bonds. The summed E-state index contributed by atoms with van der Waals surface area (Å²) in [7, 11) is -9.89. The van der Waals surface area contributed by atoms with Crippen molar-refractivity contribution in [3.05, 3.63) is 0 Å². The molecule has 17 nitrogen and oxygen atoms in total. The minimum Gasteiger partial charge on any atom is -0.462 e. The first-order chi connectivity index (χ1) is 43.0. The lowest BCUT2D eigenvalue weighted by molar-refractivity contribution is -0.161. The van der Waals surface area contributed by atoms with Crippen LogP contribution in [-0.2, 0) is 65.4 Å². The van der Waals surface area contributed by atoms with Crippen LogP contribution in [0.15, 0.2) is 0 Å². The predicted octanol–water partition coefficient (Wildman–Crippen LogP) is 20.1. The predicted molar refractivity (Wildman–Crippen MR) is 358 cm³/mol. The van der Waals surface area contributed by atoms with Gasteiger partial charge in [0.15, 0.2) is 12.2 Å². The highest BCUT2D eigenvalue weighted by Crippen LogP contribution is 2.45. The Bertz CT molecular complexity index is 1720. The van der Waals surface area contributed by atoms with Crippen molar-refractivity contribution in [1.29, 1.82) is 0 Å². The second-order valence-corrected chi connectivity index (χ2v) is 28.7. The molecule has 0 radical (unpaired) electrons. The quantitative estimate of drug-likeness (QED) is 0.0222. The number of phosphoric ester groups is 2. The molecule has 0 rings (SSSR count). The van der Waals surface area contributed by atoms with E-state index in [1.165, 1.54) is 186 Å². The van der Waals surface area contributed by atoms with E-state index < -0.39 is 97.5 Å². The monoisotopic (exact) mass is 1310 g/mol. The van der Waals surface area contributed by atoms with Crippen LogP contribution < -0.4 is 0 Å². The number of aliphatic hydroxyl groups is 1. The minimum atomic E-state index is -4.95. The highest BCUT2D eigenvalue weighted by molar-refractivity contribution is 7.47. The van der Waals surface area contributed by atoms with Crippen molar-refractivity contribution < 1.29 is 80.2 Å². The van der Waals surface area contributed by atoms with Gasteiger partial charge in [0.2, 0.25) is 0 Å². The molecule has 0 fully saturated rings. The summed E-state index contributed by atoms with van der Waals surface area (Å²) in [6, 6.07) is 0. The van der Waals surface area contributed by atoms with Gasteiger partial charge in [-0.3, -0.25) is 37.3 Å². The smallest absolute Gasteiger partial charge is 0.462 e. The van der Waals surface area contributed by atoms with Crippen LogP contribution in [0, 0.1) is 5.92 Å². The van der Waals surface area contributed by atoms with Crippen molar-refractivity contribution in [3.8, 4) is 0 Å². The first-order valence-corrected chi connectivity index (χ1v) is 39.6. The van der Waals surface area contributed by atoms with Gasteiger partial charge in [0.25, 0.3) is 0 Å². The maximum Gasteiger partial charge on any atom is 0.472 e. The van der Waals surface area contributed by atoms with E-state index in [-0.39, 0.29) is 25.7 Å². The Labute approximate surface area is 543 Å². The number of esters is 4. The molecule has 0 saturated carbocycles. The largest absolute Gasteiger partial charge is 0.472 e. The molecule has 0 aromatic heterocycles. The van der Waals surface area contributed by atoms with E-state index in [0.29, 0.717) is 25.7 Å². The molecular weight excluding hydrogens is 1170 g/mol. The standard InChI is InChI=1S/C70H136O17P2/c1-6-9-12-15-18-21-22-23-24-25-26-27-30-36-41-46-51-56-70(75)87-66(60-81-68(73)54-49-44-39-35-31-28-29-34-37-42-47-52-63(4)5)62-85-89(78,79)83-58-64(71)57-82-88(76,77)84-61-65(86-69(74)55-50-45-40-33-20-17-14-11-8-3)59-80-67(72)53-48-43-38-32-19-16-13-10-7-2/h63-66,71H,6-62H2,1-5H3,(H,76,77)(H,78,79)/t64-,65+,66+/m0/s1. The number of ether oxygens (including phenoxy) is 4. The van der Waals surface area contributed by atoms with E-state index in [0.717, 1.165) is 95.8 Å². The molecule has 0 aliphatic carbocycles. The molecule has 528 valence electrons. The average Bonchev–Trinajstić information content (AvgIpc) is 3.68. The van der Waals surface area contributed by atoms with Crippen molar-refractivity contribution in [2.75, 3.05) is 39.6 Å². The number of rotatable bonds is 70. The zero-order valence-electron chi connectivity index (χ0n) is 57.6. The molecule has 2 unspecified atom stereocenters. The Morgan fingerprint density at radius 1 is 0.303 bits per heavy atom. The lowest BCUT2D eigenvalue weighted by Crippen LogP contribution is -2.30. The maximum absolute atomic E-state index is 13.0. The Kier molecular flexibility index (Phi) is 62.1. The third-order valence-electron chi connectivity index (χ3n) is 16.3. The summed E-state index contributed by atoms with van der Waals surface area (Å²) in [5.74, 6) is -1.35. The summed E-state index contributed by atoms with van der Waals surface area (Å²) in [5, 5.41) is 10.6. The molecule has 5 atom stereocenters. The van der Waals surface area contributed by atoms with Gasteiger partial charge in [-0.2, -0.15) is 0 Å². The summed E-state index contributed by atoms with van der Waals surface area (Å²) in [6.45, 7) is 7.22. The van der Waals surface area contributed by atoms with Gasteiger partial charge in [0.05, 0.1) is 26.4 Å². The summed E-state index contributed by atoms with van der Waals surface area (Å²) < 4.78 is 68.2. The number of unbranched alkanes of at least 4 members (excludes halogenated alkanes) is 42. The molecular formula is C70H136O17P2. The van der Waals surface area contributed by atoms with Crippen molar-refractivity contribution in [3.63, 3.8) is 0 Å². The lowest BCUT2D eigenvalue weighted by Gasteiger charge is -2.21. The summed E-state index contributed by atoms with van der Waals surface area (Å²) in [6.07, 6.45) is 49.9. The zero-order valence-corrected chi connectivity index (χ0v) is 59.4. The topological polar surface area (TPSA) is 237 Å². The van der Waals surface area contributed by atoms with Crippen molar-refractivity contribution >= 4 is 39.5 Å². The van der Waals surface area contributed by atoms with Crippen LogP contribution in [-0.4, -0.2) is 96.7 Å². The normalized spacial score (nSPS) is 14.1. The van der Waals surface area contributed by atoms with Gasteiger partial charge in [-0.15, -0.1) is 0 Å². The average molecular weight is 1310 g/mol. The van der Waals surface area contributed by atoms with Crippen LogP contribution in [0.3, 0.4) is 0 Å². The highest BCUT2D eigenvalue weighted by atomic mass is 31.2. The number of phosphoric acid groups is 2. The molecule has 0 heterocycles. The van der Waals surface area contributed by atoms with Crippen LogP contribution in [0.2, 0.25) is 0 Å². The summed E-state index contributed by atoms with van der Waals surface area (Å²) in [4.78, 5) is 72.4. The molecule has 0 aliphatic rings. The van der Waals surface area contributed by atoms with E-state index in [4.69, 9.17) is 37.0 Å². The second kappa shape index (κ2) is 63.5. The molecule has 19 heteroatoms. The van der Waals surface area contributed by atoms with Crippen molar-refractivity contribution in [1.82, 2.24) is 0 Å². The number of carbonyl (C=O) groups excluding carboxylic acids is 4. The Hall–Kier alpha value is -1.94. The van der Waals surface area contributed by atoms with E-state index in [9.17, 15) is 43.2 Å². The van der Waals surface area contributed by atoms with E-state index >= 15 is 0 Å². The molecule has 3 N–H and O–H groups in total. The lowest BCUT2D eigenvalue weighted by atomic mass is 10.0. The van der Waals surface area contributed by atoms with Crippen molar-refractivity contribution in [2.24, 2.45) is 5.92 Å². The molecule has 0 aliphatic heterocycles.